The van der Waals surface area contributed by atoms with Crippen molar-refractivity contribution < 1.29 is 23.3 Å². The van der Waals surface area contributed by atoms with Crippen LogP contribution in [0.5, 0.6) is 0 Å². The fraction of sp³-hybridized carbons (Fsp3) is 0.0588. The number of fused-ring (bicyclic) bond motifs is 1. The fourth-order valence-corrected chi connectivity index (χ4v) is 1.40. The largest absolute Gasteiger partial charge is 0.168 e. The van der Waals surface area contributed by atoms with Crippen molar-refractivity contribution in [1.29, 1.82) is 0 Å². The molecule has 0 aromatic heterocycles. The summed E-state index contributed by atoms with van der Waals surface area (Å²) in [5.41, 5.74) is 2.44. The summed E-state index contributed by atoms with van der Waals surface area (Å²) in [5.74, 6) is 0. The van der Waals surface area contributed by atoms with Crippen molar-refractivity contribution in [3.63, 3.8) is 0 Å². The molecular formula is C17H22Cl2SiZr-4. The van der Waals surface area contributed by atoms with Crippen LogP contribution in [0.15, 0.2) is 60.7 Å². The normalized spacial score (nSPS) is 9.10. The standard InChI is InChI=1S/C10H7.C5H5.2CH3.2ClH.H2Si.Zr/c1-2-5-9-7-4-8-10(9)6-3-1;1-2-4-5-3-1;;;;;;/h1-7H;1-3H,4H2;2*1H3;2*1H;1H2;/q4*-1;;;;. The molecule has 0 bridgehead atoms. The Kier molecular flexibility index (Phi) is 27.4. The van der Waals surface area contributed by atoms with Crippen LogP contribution in [0.3, 0.4) is 0 Å². The van der Waals surface area contributed by atoms with Gasteiger partial charge in [0.1, 0.15) is 0 Å². The first-order valence-electron chi connectivity index (χ1n) is 5.39. The number of halogens is 2. The van der Waals surface area contributed by atoms with Gasteiger partial charge in [-0.05, 0) is 0 Å². The second kappa shape index (κ2) is 19.9. The van der Waals surface area contributed by atoms with Gasteiger partial charge in [0.15, 0.2) is 0 Å². The molecule has 3 rings (SSSR count). The van der Waals surface area contributed by atoms with E-state index in [9.17, 15) is 0 Å². The molecule has 4 heteroatoms. The molecule has 0 saturated carbocycles. The molecule has 0 unspecified atom stereocenters. The first-order valence-corrected chi connectivity index (χ1v) is 11.3. The molecule has 21 heavy (non-hydrogen) atoms. The van der Waals surface area contributed by atoms with Crippen molar-refractivity contribution in [3.8, 4) is 11.1 Å². The minimum atomic E-state index is 0. The third kappa shape index (κ3) is 12.1. The van der Waals surface area contributed by atoms with Crippen LogP contribution < -0.4 is 0 Å². The van der Waals surface area contributed by atoms with Crippen LogP contribution >= 0.6 is 24.8 Å². The van der Waals surface area contributed by atoms with Gasteiger partial charge in [-0.1, -0.05) is 12.1 Å². The zero-order valence-corrected chi connectivity index (χ0v) is 18.0. The second-order valence-corrected chi connectivity index (χ2v) is 3.26. The topological polar surface area (TPSA) is 0 Å². The Morgan fingerprint density at radius 1 is 0.952 bits per heavy atom. The smallest absolute Gasteiger partial charge is 0.0723 e. The zero-order chi connectivity index (χ0) is 12.3. The molecule has 116 valence electrons. The van der Waals surface area contributed by atoms with Crippen LogP contribution in [0.4, 0.5) is 0 Å². The van der Waals surface area contributed by atoms with Crippen LogP contribution in [0.1, 0.15) is 6.42 Å². The van der Waals surface area contributed by atoms with Gasteiger partial charge in [-0.2, -0.15) is 23.8 Å². The maximum absolute atomic E-state index is 3.14. The van der Waals surface area contributed by atoms with E-state index in [1.807, 2.05) is 43.3 Å². The molecule has 0 amide bonds. The molecule has 0 fully saturated rings. The van der Waals surface area contributed by atoms with Gasteiger partial charge in [0, 0.05) is 0 Å². The van der Waals surface area contributed by atoms with E-state index < -0.39 is 0 Å². The van der Waals surface area contributed by atoms with Gasteiger partial charge in [-0.25, -0.2) is 12.2 Å². The van der Waals surface area contributed by atoms with Crippen LogP contribution in [0.2, 0.25) is 0 Å². The van der Waals surface area contributed by atoms with E-state index >= 15 is 0 Å². The van der Waals surface area contributed by atoms with Gasteiger partial charge in [0.05, 0.1) is 0 Å². The third-order valence-corrected chi connectivity index (χ3v) is 2.16. The summed E-state index contributed by atoms with van der Waals surface area (Å²) in [6.07, 6.45) is 10.0. The van der Waals surface area contributed by atoms with Gasteiger partial charge in [0.25, 0.3) is 0 Å². The van der Waals surface area contributed by atoms with Crippen LogP contribution in [0.25, 0.3) is 11.1 Å². The summed E-state index contributed by atoms with van der Waals surface area (Å²) < 4.78 is 0. The molecule has 0 atom stereocenters. The predicted octanol–water partition coefficient (Wildman–Crippen LogP) is 4.72. The molecular weight excluding hydrogens is 394 g/mol. The first-order chi connectivity index (χ1) is 8.47. The number of hydrogen-bond acceptors (Lipinski definition) is 0. The Hall–Kier alpha value is -0.140. The van der Waals surface area contributed by atoms with E-state index in [4.69, 9.17) is 0 Å². The number of rotatable bonds is 0. The van der Waals surface area contributed by atoms with Gasteiger partial charge in [-0.3, -0.25) is 6.08 Å². The van der Waals surface area contributed by atoms with Gasteiger partial charge >= 0.3 is 30.2 Å². The summed E-state index contributed by atoms with van der Waals surface area (Å²) >= 11 is 1.58. The summed E-state index contributed by atoms with van der Waals surface area (Å²) in [5, 5.41) is 0. The van der Waals surface area contributed by atoms with Crippen molar-refractivity contribution >= 4 is 31.7 Å². The Morgan fingerprint density at radius 3 is 2.14 bits per heavy atom. The zero-order valence-electron chi connectivity index (χ0n) is 12.5. The van der Waals surface area contributed by atoms with Gasteiger partial charge in [0.2, 0.25) is 0 Å². The van der Waals surface area contributed by atoms with Crippen LogP contribution in [-0.2, 0) is 23.3 Å². The van der Waals surface area contributed by atoms with E-state index in [2.05, 4.69) is 36.4 Å². The van der Waals surface area contributed by atoms with Crippen molar-refractivity contribution in [1.82, 2.24) is 0 Å². The minimum absolute atomic E-state index is 0. The molecule has 3 aliphatic rings. The Bertz CT molecular complexity index is 434. The van der Waals surface area contributed by atoms with E-state index in [0.717, 1.165) is 6.42 Å². The summed E-state index contributed by atoms with van der Waals surface area (Å²) in [6, 6.07) is 17.4. The van der Waals surface area contributed by atoms with Crippen molar-refractivity contribution in [3.05, 3.63) is 87.7 Å². The van der Waals surface area contributed by atoms with E-state index in [-0.39, 0.29) is 39.7 Å². The van der Waals surface area contributed by atoms with E-state index in [1.165, 1.54) is 11.1 Å². The molecule has 0 N–H and O–H groups in total. The quantitative estimate of drug-likeness (QED) is 0.431. The van der Waals surface area contributed by atoms with Gasteiger partial charge in [-0.15, -0.1) is 61.1 Å². The Labute approximate surface area is 159 Å². The molecule has 0 aromatic rings. The van der Waals surface area contributed by atoms with Crippen LogP contribution in [-0.4, -0.2) is 6.88 Å². The molecule has 0 spiro atoms. The summed E-state index contributed by atoms with van der Waals surface area (Å²) in [6.45, 7) is 1.95. The monoisotopic (exact) mass is 414 g/mol. The van der Waals surface area contributed by atoms with Crippen molar-refractivity contribution in [2.75, 3.05) is 0 Å². The Morgan fingerprint density at radius 2 is 1.62 bits per heavy atom. The maximum atomic E-state index is 3.14. The number of allylic oxidation sites excluding steroid dienone is 4. The Balaban J connectivity index is -0.000000116. The minimum Gasteiger partial charge on any atom is -0.168 e. The summed E-state index contributed by atoms with van der Waals surface area (Å²) in [7, 11) is 0. The van der Waals surface area contributed by atoms with Gasteiger partial charge < -0.3 is 14.9 Å². The molecule has 0 aliphatic heterocycles. The average molecular weight is 417 g/mol. The summed E-state index contributed by atoms with van der Waals surface area (Å²) in [4.78, 5) is 0. The molecule has 3 aliphatic carbocycles. The first kappa shape index (κ1) is 28.9. The molecule has 0 heterocycles. The van der Waals surface area contributed by atoms with Crippen molar-refractivity contribution in [2.24, 2.45) is 0 Å². The van der Waals surface area contributed by atoms with E-state index in [0.29, 0.717) is 0 Å². The van der Waals surface area contributed by atoms with Crippen LogP contribution in [0, 0.1) is 27.0 Å². The SMILES string of the molecule is Cl.Cl.[C-]1=CC=CC1.[CH3-].[CH3-].[SiH2]=[Zr].[c-]1ccc2cccccc1-2. The van der Waals surface area contributed by atoms with E-state index in [1.54, 1.807) is 23.3 Å². The average Bonchev–Trinajstić information content (AvgIpc) is 3.04. The molecule has 0 radical (unpaired) electrons. The second-order valence-electron chi connectivity index (χ2n) is 3.26. The van der Waals surface area contributed by atoms with Crippen molar-refractivity contribution in [2.45, 2.75) is 6.42 Å². The molecule has 0 nitrogen and oxygen atoms in total. The predicted molar refractivity (Wildman–Crippen MR) is 99.3 cm³/mol. The molecule has 0 aromatic carbocycles. The molecule has 0 saturated heterocycles. The maximum Gasteiger partial charge on any atom is -0.0723 e. The third-order valence-electron chi connectivity index (χ3n) is 2.16. The fourth-order valence-electron chi connectivity index (χ4n) is 1.40. The number of hydrogen-bond donors (Lipinski definition) is 0.